The summed E-state index contributed by atoms with van der Waals surface area (Å²) in [6.45, 7) is 0. The lowest BCUT2D eigenvalue weighted by molar-refractivity contribution is -0.132. The van der Waals surface area contributed by atoms with Gasteiger partial charge in [0.05, 0.1) is 11.6 Å². The molecule has 72 valence electrons. The first-order valence-electron chi connectivity index (χ1n) is 4.03. The van der Waals surface area contributed by atoms with E-state index in [1.54, 1.807) is 30.3 Å². The third-order valence-corrected chi connectivity index (χ3v) is 1.73. The number of carbonyl (C=O) groups is 1. The number of benzene rings is 1. The van der Waals surface area contributed by atoms with Gasteiger partial charge in [-0.3, -0.25) is 0 Å². The monoisotopic (exact) mass is 198 g/mol. The molecule has 0 unspecified atom stereocenters. The fourth-order valence-electron chi connectivity index (χ4n) is 1.02. The summed E-state index contributed by atoms with van der Waals surface area (Å²) in [5, 5.41) is 25.9. The maximum Gasteiger partial charge on any atom is 0.346 e. The minimum absolute atomic E-state index is 0.339. The van der Waals surface area contributed by atoms with Gasteiger partial charge in [-0.15, -0.1) is 0 Å². The number of carboxylic acid groups (broad SMARTS) is 1. The Morgan fingerprint density at radius 2 is 2.00 bits per heavy atom. The van der Waals surface area contributed by atoms with Crippen LogP contribution in [-0.4, -0.2) is 11.1 Å². The van der Waals surface area contributed by atoms with Gasteiger partial charge in [-0.05, 0) is 17.7 Å². The van der Waals surface area contributed by atoms with Gasteiger partial charge in [-0.25, -0.2) is 4.79 Å². The van der Waals surface area contributed by atoms with Crippen LogP contribution in [0.2, 0.25) is 0 Å². The van der Waals surface area contributed by atoms with Crippen molar-refractivity contribution < 1.29 is 9.90 Å². The van der Waals surface area contributed by atoms with E-state index in [9.17, 15) is 4.79 Å². The Balaban J connectivity index is 3.25. The highest BCUT2D eigenvalue weighted by Gasteiger charge is 2.07. The van der Waals surface area contributed by atoms with E-state index in [2.05, 4.69) is 0 Å². The molecule has 0 saturated carbocycles. The van der Waals surface area contributed by atoms with Crippen LogP contribution in [0.1, 0.15) is 11.1 Å². The van der Waals surface area contributed by atoms with E-state index in [0.717, 1.165) is 0 Å². The van der Waals surface area contributed by atoms with Crippen molar-refractivity contribution in [1.29, 1.82) is 10.5 Å². The minimum Gasteiger partial charge on any atom is -0.477 e. The molecule has 1 rings (SSSR count). The smallest absolute Gasteiger partial charge is 0.346 e. The molecule has 15 heavy (non-hydrogen) atoms. The first kappa shape index (κ1) is 10.5. The maximum absolute atomic E-state index is 10.6. The SMILES string of the molecule is N#CC(=Cc1ccccc1C#N)C(=O)O. The molecule has 0 aliphatic rings. The molecule has 0 amide bonds. The fourth-order valence-corrected chi connectivity index (χ4v) is 1.02. The molecule has 0 fully saturated rings. The van der Waals surface area contributed by atoms with Gasteiger partial charge in [0.15, 0.2) is 0 Å². The van der Waals surface area contributed by atoms with Gasteiger partial charge in [-0.2, -0.15) is 10.5 Å². The van der Waals surface area contributed by atoms with Gasteiger partial charge >= 0.3 is 5.97 Å². The zero-order valence-corrected chi connectivity index (χ0v) is 7.64. The number of hydrogen-bond acceptors (Lipinski definition) is 3. The second kappa shape index (κ2) is 4.59. The molecule has 0 spiro atoms. The number of hydrogen-bond donors (Lipinski definition) is 1. The van der Waals surface area contributed by atoms with E-state index in [4.69, 9.17) is 15.6 Å². The number of carboxylic acids is 1. The second-order valence-electron chi connectivity index (χ2n) is 2.67. The van der Waals surface area contributed by atoms with Crippen LogP contribution in [0.4, 0.5) is 0 Å². The molecule has 0 saturated heterocycles. The first-order valence-corrected chi connectivity index (χ1v) is 4.03. The Morgan fingerprint density at radius 1 is 1.33 bits per heavy atom. The third kappa shape index (κ3) is 2.43. The van der Waals surface area contributed by atoms with Crippen molar-refractivity contribution >= 4 is 12.0 Å². The molecular weight excluding hydrogens is 192 g/mol. The van der Waals surface area contributed by atoms with E-state index in [0.29, 0.717) is 11.1 Å². The molecule has 0 bridgehead atoms. The Labute approximate surface area is 86.3 Å². The van der Waals surface area contributed by atoms with Crippen molar-refractivity contribution in [3.63, 3.8) is 0 Å². The normalized spacial score (nSPS) is 10.1. The summed E-state index contributed by atoms with van der Waals surface area (Å²) in [6, 6.07) is 9.95. The van der Waals surface area contributed by atoms with E-state index < -0.39 is 11.5 Å². The second-order valence-corrected chi connectivity index (χ2v) is 2.67. The average Bonchev–Trinajstić information content (AvgIpc) is 2.25. The number of nitrogens with zero attached hydrogens (tertiary/aromatic N) is 2. The molecule has 1 N–H and O–H groups in total. The van der Waals surface area contributed by atoms with Crippen molar-refractivity contribution in [2.45, 2.75) is 0 Å². The van der Waals surface area contributed by atoms with Crippen LogP contribution in [0, 0.1) is 22.7 Å². The lowest BCUT2D eigenvalue weighted by Crippen LogP contribution is -1.97. The van der Waals surface area contributed by atoms with Gasteiger partial charge in [0.25, 0.3) is 0 Å². The molecular formula is C11H6N2O2. The van der Waals surface area contributed by atoms with Gasteiger partial charge in [0, 0.05) is 0 Å². The number of aliphatic carboxylic acids is 1. The van der Waals surface area contributed by atoms with Crippen LogP contribution >= 0.6 is 0 Å². The third-order valence-electron chi connectivity index (χ3n) is 1.73. The Kier molecular flexibility index (Phi) is 3.21. The maximum atomic E-state index is 10.6. The molecule has 4 nitrogen and oxygen atoms in total. The highest BCUT2D eigenvalue weighted by atomic mass is 16.4. The first-order chi connectivity index (χ1) is 7.19. The van der Waals surface area contributed by atoms with Crippen LogP contribution in [-0.2, 0) is 4.79 Å². The van der Waals surface area contributed by atoms with Gasteiger partial charge in [0.2, 0.25) is 0 Å². The summed E-state index contributed by atoms with van der Waals surface area (Å²) in [5.41, 5.74) is 0.378. The predicted molar refractivity (Wildman–Crippen MR) is 52.4 cm³/mol. The largest absolute Gasteiger partial charge is 0.477 e. The van der Waals surface area contributed by atoms with Crippen molar-refractivity contribution in [2.75, 3.05) is 0 Å². The quantitative estimate of drug-likeness (QED) is 0.577. The molecule has 0 aliphatic heterocycles. The van der Waals surface area contributed by atoms with Crippen LogP contribution in [0.3, 0.4) is 0 Å². The molecule has 1 aromatic carbocycles. The lowest BCUT2D eigenvalue weighted by atomic mass is 10.1. The summed E-state index contributed by atoms with van der Waals surface area (Å²) >= 11 is 0. The summed E-state index contributed by atoms with van der Waals surface area (Å²) in [5.74, 6) is -1.30. The standard InChI is InChI=1S/C11H6N2O2/c12-6-9-4-2-1-3-8(9)5-10(7-13)11(14)15/h1-5H,(H,14,15). The fraction of sp³-hybridized carbons (Fsp3) is 0. The predicted octanol–water partition coefficient (Wildman–Crippen LogP) is 1.55. The summed E-state index contributed by atoms with van der Waals surface area (Å²) in [7, 11) is 0. The zero-order valence-electron chi connectivity index (χ0n) is 7.64. The Hall–Kier alpha value is -2.59. The van der Waals surface area contributed by atoms with Crippen molar-refractivity contribution in [3.05, 3.63) is 41.0 Å². The van der Waals surface area contributed by atoms with Crippen molar-refractivity contribution in [3.8, 4) is 12.1 Å². The average molecular weight is 198 g/mol. The minimum atomic E-state index is -1.30. The van der Waals surface area contributed by atoms with E-state index >= 15 is 0 Å². The van der Waals surface area contributed by atoms with Gasteiger partial charge in [0.1, 0.15) is 11.6 Å². The molecule has 0 aliphatic carbocycles. The molecule has 0 heterocycles. The summed E-state index contributed by atoms with van der Waals surface area (Å²) in [6.07, 6.45) is 1.18. The number of rotatable bonds is 2. The van der Waals surface area contributed by atoms with Crippen molar-refractivity contribution in [2.24, 2.45) is 0 Å². The lowest BCUT2D eigenvalue weighted by Gasteiger charge is -1.96. The van der Waals surface area contributed by atoms with Crippen LogP contribution in [0.5, 0.6) is 0 Å². The summed E-state index contributed by atoms with van der Waals surface area (Å²) < 4.78 is 0. The van der Waals surface area contributed by atoms with Crippen LogP contribution < -0.4 is 0 Å². The topological polar surface area (TPSA) is 84.9 Å². The molecule has 0 radical (unpaired) electrons. The Morgan fingerprint density at radius 3 is 2.53 bits per heavy atom. The highest BCUT2D eigenvalue weighted by Crippen LogP contribution is 2.11. The number of nitriles is 2. The zero-order chi connectivity index (χ0) is 11.3. The molecule has 0 atom stereocenters. The van der Waals surface area contributed by atoms with E-state index in [1.807, 2.05) is 6.07 Å². The molecule has 1 aromatic rings. The summed E-state index contributed by atoms with van der Waals surface area (Å²) in [4.78, 5) is 10.6. The van der Waals surface area contributed by atoms with E-state index in [-0.39, 0.29) is 0 Å². The van der Waals surface area contributed by atoms with E-state index in [1.165, 1.54) is 6.08 Å². The highest BCUT2D eigenvalue weighted by molar-refractivity contribution is 5.96. The van der Waals surface area contributed by atoms with Crippen LogP contribution in [0.25, 0.3) is 6.08 Å². The Bertz CT molecular complexity index is 504. The molecule has 0 aromatic heterocycles. The van der Waals surface area contributed by atoms with Crippen molar-refractivity contribution in [1.82, 2.24) is 0 Å². The van der Waals surface area contributed by atoms with Crippen LogP contribution in [0.15, 0.2) is 29.8 Å². The van der Waals surface area contributed by atoms with Gasteiger partial charge < -0.3 is 5.11 Å². The van der Waals surface area contributed by atoms with Gasteiger partial charge in [-0.1, -0.05) is 18.2 Å². The molecule has 4 heteroatoms.